The van der Waals surface area contributed by atoms with Gasteiger partial charge >= 0.3 is 0 Å². The molecule has 0 aromatic rings. The highest BCUT2D eigenvalue weighted by Gasteiger charge is 2.04. The van der Waals surface area contributed by atoms with Gasteiger partial charge in [0.25, 0.3) is 0 Å². The number of nitrogens with one attached hydrogen (secondary N) is 2. The predicted molar refractivity (Wildman–Crippen MR) is 56.5 cm³/mol. The molecule has 0 radical (unpaired) electrons. The molecule has 0 rings (SSSR count). The van der Waals surface area contributed by atoms with Crippen molar-refractivity contribution < 1.29 is 9.39 Å². The van der Waals surface area contributed by atoms with Crippen LogP contribution in [-0.2, 0) is 4.79 Å². The molecule has 2 N–H and O–H groups in total. The number of hydrogen-bond acceptors (Lipinski definition) is 2. The molecule has 0 aliphatic carbocycles. The molecule has 4 nitrogen and oxygen atoms in total. The van der Waals surface area contributed by atoms with Crippen molar-refractivity contribution >= 4 is 18.3 Å². The van der Waals surface area contributed by atoms with Crippen molar-refractivity contribution in [3.05, 3.63) is 12.7 Å². The molecule has 1 amide bonds. The first-order valence-electron chi connectivity index (χ1n) is 3.92. The molecular formula is C8H19ClN3O+. The number of nitrogens with zero attached hydrogens (tertiary/aromatic N) is 1. The minimum atomic E-state index is -0.127. The standard InChI is InChI=1S/C8H17N3O.ClH/c1-5-8(12)9-6-7-10-11(2,3)4;/h5,10H,1,6-7H2,2-4H3;1H/p+1. The third kappa shape index (κ3) is 11.4. The maximum atomic E-state index is 10.7. The summed E-state index contributed by atoms with van der Waals surface area (Å²) in [6.45, 7) is 4.73. The summed E-state index contributed by atoms with van der Waals surface area (Å²) in [6.07, 6.45) is 1.27. The topological polar surface area (TPSA) is 41.1 Å². The van der Waals surface area contributed by atoms with Crippen LogP contribution in [0.25, 0.3) is 0 Å². The van der Waals surface area contributed by atoms with Crippen LogP contribution in [0.1, 0.15) is 0 Å². The van der Waals surface area contributed by atoms with E-state index in [1.165, 1.54) is 6.08 Å². The second-order valence-corrected chi connectivity index (χ2v) is 3.42. The number of amides is 1. The maximum absolute atomic E-state index is 10.7. The van der Waals surface area contributed by atoms with Gasteiger partial charge < -0.3 is 5.32 Å². The minimum Gasteiger partial charge on any atom is -0.351 e. The van der Waals surface area contributed by atoms with Crippen molar-refractivity contribution in [1.29, 1.82) is 0 Å². The van der Waals surface area contributed by atoms with Crippen molar-refractivity contribution in [3.63, 3.8) is 0 Å². The van der Waals surface area contributed by atoms with Gasteiger partial charge in [-0.15, -0.1) is 12.4 Å². The summed E-state index contributed by atoms with van der Waals surface area (Å²) in [4.78, 5) is 10.7. The van der Waals surface area contributed by atoms with Crippen LogP contribution >= 0.6 is 12.4 Å². The normalized spacial score (nSPS) is 10.1. The zero-order valence-corrected chi connectivity index (χ0v) is 9.28. The molecule has 78 valence electrons. The lowest BCUT2D eigenvalue weighted by atomic mass is 10.5. The van der Waals surface area contributed by atoms with E-state index in [1.54, 1.807) is 0 Å². The predicted octanol–water partition coefficient (Wildman–Crippen LogP) is -0.0788. The van der Waals surface area contributed by atoms with Gasteiger partial charge in [-0.05, 0) is 6.08 Å². The smallest absolute Gasteiger partial charge is 0.243 e. The van der Waals surface area contributed by atoms with Crippen LogP contribution in [0.2, 0.25) is 0 Å². The summed E-state index contributed by atoms with van der Waals surface area (Å²) in [5.74, 6) is -0.127. The Balaban J connectivity index is 0. The van der Waals surface area contributed by atoms with Crippen molar-refractivity contribution in [2.24, 2.45) is 0 Å². The van der Waals surface area contributed by atoms with Crippen molar-refractivity contribution in [3.8, 4) is 0 Å². The Morgan fingerprint density at radius 3 is 2.31 bits per heavy atom. The molecule has 0 saturated heterocycles. The largest absolute Gasteiger partial charge is 0.351 e. The Labute approximate surface area is 86.0 Å². The fourth-order valence-corrected chi connectivity index (χ4v) is 0.649. The molecular weight excluding hydrogens is 190 g/mol. The summed E-state index contributed by atoms with van der Waals surface area (Å²) in [7, 11) is 6.07. The van der Waals surface area contributed by atoms with Crippen LogP contribution in [0.4, 0.5) is 0 Å². The Kier molecular flexibility index (Phi) is 7.90. The van der Waals surface area contributed by atoms with E-state index in [2.05, 4.69) is 17.3 Å². The van der Waals surface area contributed by atoms with Gasteiger partial charge in [0.1, 0.15) is 0 Å². The van der Waals surface area contributed by atoms with Gasteiger partial charge in [0.15, 0.2) is 0 Å². The molecule has 0 spiro atoms. The van der Waals surface area contributed by atoms with E-state index >= 15 is 0 Å². The summed E-state index contributed by atoms with van der Waals surface area (Å²) in [6, 6.07) is 0. The maximum Gasteiger partial charge on any atom is 0.243 e. The van der Waals surface area contributed by atoms with E-state index in [0.29, 0.717) is 11.1 Å². The van der Waals surface area contributed by atoms with Gasteiger partial charge in [0.05, 0.1) is 27.7 Å². The highest BCUT2D eigenvalue weighted by atomic mass is 35.5. The fraction of sp³-hybridized carbons (Fsp3) is 0.625. The summed E-state index contributed by atoms with van der Waals surface area (Å²) in [5, 5.41) is 2.68. The van der Waals surface area contributed by atoms with Gasteiger partial charge in [0.2, 0.25) is 5.91 Å². The van der Waals surface area contributed by atoms with Crippen LogP contribution in [0, 0.1) is 0 Å². The molecule has 0 atom stereocenters. The van der Waals surface area contributed by atoms with Gasteiger partial charge in [-0.1, -0.05) is 6.58 Å². The van der Waals surface area contributed by atoms with Gasteiger partial charge in [0, 0.05) is 6.54 Å². The quantitative estimate of drug-likeness (QED) is 0.287. The number of halogens is 1. The van der Waals surface area contributed by atoms with E-state index in [1.807, 2.05) is 21.1 Å². The van der Waals surface area contributed by atoms with Crippen LogP contribution < -0.4 is 10.7 Å². The Bertz CT molecular complexity index is 165. The third-order valence-corrected chi connectivity index (χ3v) is 1.20. The van der Waals surface area contributed by atoms with E-state index in [-0.39, 0.29) is 18.3 Å². The first-order chi connectivity index (χ1) is 5.45. The second-order valence-electron chi connectivity index (χ2n) is 3.42. The summed E-state index contributed by atoms with van der Waals surface area (Å²) < 4.78 is 0.684. The lowest BCUT2D eigenvalue weighted by Crippen LogP contribution is -2.50. The Morgan fingerprint density at radius 1 is 1.38 bits per heavy atom. The average molecular weight is 209 g/mol. The van der Waals surface area contributed by atoms with Crippen molar-refractivity contribution in [1.82, 2.24) is 10.7 Å². The van der Waals surface area contributed by atoms with Crippen LogP contribution in [0.5, 0.6) is 0 Å². The number of carbonyl (C=O) groups excluding carboxylic acids is 1. The fourth-order valence-electron chi connectivity index (χ4n) is 0.649. The SMILES string of the molecule is C=CC(=O)NCCN[N+](C)(C)C.Cl. The molecule has 0 saturated carbocycles. The third-order valence-electron chi connectivity index (χ3n) is 1.20. The summed E-state index contributed by atoms with van der Waals surface area (Å²) in [5.41, 5.74) is 3.19. The zero-order valence-electron chi connectivity index (χ0n) is 8.46. The van der Waals surface area contributed by atoms with Gasteiger partial charge in [-0.25, -0.2) is 0 Å². The first kappa shape index (κ1) is 14.9. The Morgan fingerprint density at radius 2 is 1.92 bits per heavy atom. The molecule has 0 aromatic carbocycles. The van der Waals surface area contributed by atoms with Crippen molar-refractivity contribution in [2.75, 3.05) is 34.2 Å². The van der Waals surface area contributed by atoms with Gasteiger partial charge in [-0.3, -0.25) is 9.39 Å². The second kappa shape index (κ2) is 6.88. The molecule has 0 aromatic heterocycles. The number of carbonyl (C=O) groups is 1. The molecule has 5 heteroatoms. The molecule has 0 bridgehead atoms. The molecule has 0 fully saturated rings. The van der Waals surface area contributed by atoms with E-state index in [0.717, 1.165) is 6.54 Å². The number of rotatable bonds is 5. The van der Waals surface area contributed by atoms with E-state index < -0.39 is 0 Å². The van der Waals surface area contributed by atoms with Crippen LogP contribution in [0.3, 0.4) is 0 Å². The molecule has 0 aliphatic heterocycles. The minimum absolute atomic E-state index is 0. The molecule has 13 heavy (non-hydrogen) atoms. The lowest BCUT2D eigenvalue weighted by molar-refractivity contribution is -0.915. The zero-order chi connectivity index (χ0) is 9.61. The highest BCUT2D eigenvalue weighted by molar-refractivity contribution is 5.86. The van der Waals surface area contributed by atoms with E-state index in [4.69, 9.17) is 0 Å². The number of quaternary nitrogens is 1. The molecule has 0 unspecified atom stereocenters. The highest BCUT2D eigenvalue weighted by Crippen LogP contribution is 1.78. The summed E-state index contributed by atoms with van der Waals surface area (Å²) >= 11 is 0. The Hall–Kier alpha value is -0.580. The van der Waals surface area contributed by atoms with E-state index in [9.17, 15) is 4.79 Å². The molecule has 0 heterocycles. The average Bonchev–Trinajstić information content (AvgIpc) is 1.96. The first-order valence-corrected chi connectivity index (χ1v) is 3.92. The number of hydrogen-bond donors (Lipinski definition) is 2. The molecule has 0 aliphatic rings. The van der Waals surface area contributed by atoms with Crippen molar-refractivity contribution in [2.45, 2.75) is 0 Å². The van der Waals surface area contributed by atoms with Gasteiger partial charge in [-0.2, -0.15) is 5.43 Å². The van der Waals surface area contributed by atoms with Crippen LogP contribution in [0.15, 0.2) is 12.7 Å². The monoisotopic (exact) mass is 208 g/mol. The van der Waals surface area contributed by atoms with Crippen LogP contribution in [-0.4, -0.2) is 44.7 Å². The lowest BCUT2D eigenvalue weighted by Gasteiger charge is -2.23.